The fourth-order valence-corrected chi connectivity index (χ4v) is 3.90. The van der Waals surface area contributed by atoms with Crippen molar-refractivity contribution < 1.29 is 9.59 Å². The average Bonchev–Trinajstić information content (AvgIpc) is 3.27. The topological polar surface area (TPSA) is 95.7 Å². The number of anilines is 1. The Kier molecular flexibility index (Phi) is 7.22. The highest BCUT2D eigenvalue weighted by molar-refractivity contribution is 5.93. The van der Waals surface area contributed by atoms with E-state index in [4.69, 9.17) is 10.7 Å². The summed E-state index contributed by atoms with van der Waals surface area (Å²) < 4.78 is 0. The number of nitrogens with zero attached hydrogens (tertiary/aromatic N) is 5. The number of carbonyl (C=O) groups is 2. The standard InChI is InChI=1S/C23H32N6O2/c1-5-28(6-2)15-20(30)29-12-11-18(14-29)21-19(13-25-23(26-21)27(3)4)16-7-9-17(10-8-16)22(24)31/h7-10,13,18H,5-6,11-12,14-15H2,1-4H3,(H2,24,31). The molecule has 0 radical (unpaired) electrons. The van der Waals surface area contributed by atoms with E-state index in [9.17, 15) is 9.59 Å². The second-order valence-corrected chi connectivity index (χ2v) is 8.09. The van der Waals surface area contributed by atoms with Gasteiger partial charge < -0.3 is 15.5 Å². The smallest absolute Gasteiger partial charge is 0.248 e. The number of nitrogens with two attached hydrogens (primary N) is 1. The number of aromatic nitrogens is 2. The first-order chi connectivity index (χ1) is 14.8. The van der Waals surface area contributed by atoms with Crippen molar-refractivity contribution in [2.24, 2.45) is 5.73 Å². The first-order valence-corrected chi connectivity index (χ1v) is 10.8. The Hall–Kier alpha value is -3.00. The van der Waals surface area contributed by atoms with Crippen LogP contribution in [-0.4, -0.2) is 78.4 Å². The fourth-order valence-electron chi connectivity index (χ4n) is 3.90. The van der Waals surface area contributed by atoms with Crippen molar-refractivity contribution in [3.05, 3.63) is 41.7 Å². The van der Waals surface area contributed by atoms with Gasteiger partial charge in [0.15, 0.2) is 0 Å². The molecule has 2 aromatic rings. The molecule has 0 bridgehead atoms. The van der Waals surface area contributed by atoms with Crippen molar-refractivity contribution in [3.8, 4) is 11.1 Å². The molecule has 1 saturated heterocycles. The molecule has 31 heavy (non-hydrogen) atoms. The van der Waals surface area contributed by atoms with Gasteiger partial charge in [0.05, 0.1) is 12.2 Å². The van der Waals surface area contributed by atoms with Crippen molar-refractivity contribution in [3.63, 3.8) is 0 Å². The highest BCUT2D eigenvalue weighted by atomic mass is 16.2. The SMILES string of the molecule is CCN(CC)CC(=O)N1CCC(c2nc(N(C)C)ncc2-c2ccc(C(N)=O)cc2)C1. The van der Waals surface area contributed by atoms with Gasteiger partial charge in [-0.15, -0.1) is 0 Å². The van der Waals surface area contributed by atoms with Gasteiger partial charge in [0.2, 0.25) is 17.8 Å². The molecule has 1 aromatic heterocycles. The number of amides is 2. The maximum absolute atomic E-state index is 12.8. The Balaban J connectivity index is 1.88. The highest BCUT2D eigenvalue weighted by Gasteiger charge is 2.31. The zero-order valence-corrected chi connectivity index (χ0v) is 18.8. The minimum atomic E-state index is -0.455. The molecule has 0 aliphatic carbocycles. The molecule has 1 aliphatic heterocycles. The van der Waals surface area contributed by atoms with Crippen LogP contribution in [-0.2, 0) is 4.79 Å². The summed E-state index contributed by atoms with van der Waals surface area (Å²) in [6.45, 7) is 7.70. The van der Waals surface area contributed by atoms with Crippen molar-refractivity contribution in [1.29, 1.82) is 0 Å². The van der Waals surface area contributed by atoms with E-state index >= 15 is 0 Å². The van der Waals surface area contributed by atoms with Crippen LogP contribution in [0.3, 0.4) is 0 Å². The summed E-state index contributed by atoms with van der Waals surface area (Å²) in [5.74, 6) is 0.484. The van der Waals surface area contributed by atoms with Gasteiger partial charge in [0, 0.05) is 50.4 Å². The maximum atomic E-state index is 12.8. The lowest BCUT2D eigenvalue weighted by Gasteiger charge is -2.23. The first kappa shape index (κ1) is 22.7. The Morgan fingerprint density at radius 2 is 1.84 bits per heavy atom. The lowest BCUT2D eigenvalue weighted by Crippen LogP contribution is -2.39. The molecular weight excluding hydrogens is 392 g/mol. The molecular formula is C23H32N6O2. The number of benzene rings is 1. The molecule has 3 rings (SSSR count). The molecule has 1 atom stereocenters. The van der Waals surface area contributed by atoms with E-state index < -0.39 is 5.91 Å². The maximum Gasteiger partial charge on any atom is 0.248 e. The Bertz CT molecular complexity index is 924. The Labute approximate surface area is 184 Å². The van der Waals surface area contributed by atoms with Crippen LogP contribution in [0.4, 0.5) is 5.95 Å². The van der Waals surface area contributed by atoms with E-state index in [-0.39, 0.29) is 11.8 Å². The zero-order chi connectivity index (χ0) is 22.5. The molecule has 2 N–H and O–H groups in total. The molecule has 1 fully saturated rings. The summed E-state index contributed by atoms with van der Waals surface area (Å²) in [5, 5.41) is 0. The van der Waals surface area contributed by atoms with Crippen LogP contribution in [0.25, 0.3) is 11.1 Å². The van der Waals surface area contributed by atoms with Crippen LogP contribution < -0.4 is 10.6 Å². The molecule has 1 unspecified atom stereocenters. The van der Waals surface area contributed by atoms with Gasteiger partial charge in [-0.3, -0.25) is 14.5 Å². The summed E-state index contributed by atoms with van der Waals surface area (Å²) in [5.41, 5.74) is 8.62. The number of carbonyl (C=O) groups excluding carboxylic acids is 2. The summed E-state index contributed by atoms with van der Waals surface area (Å²) in [6, 6.07) is 7.18. The number of rotatable bonds is 8. The second-order valence-electron chi connectivity index (χ2n) is 8.09. The highest BCUT2D eigenvalue weighted by Crippen LogP contribution is 2.34. The van der Waals surface area contributed by atoms with Crippen LogP contribution >= 0.6 is 0 Å². The fraction of sp³-hybridized carbons (Fsp3) is 0.478. The quantitative estimate of drug-likeness (QED) is 0.696. The van der Waals surface area contributed by atoms with E-state index in [1.807, 2.05) is 42.2 Å². The zero-order valence-electron chi connectivity index (χ0n) is 18.8. The largest absolute Gasteiger partial charge is 0.366 e. The van der Waals surface area contributed by atoms with Crippen molar-refractivity contribution in [2.75, 3.05) is 51.7 Å². The Morgan fingerprint density at radius 3 is 2.42 bits per heavy atom. The Morgan fingerprint density at radius 1 is 1.16 bits per heavy atom. The van der Waals surface area contributed by atoms with Crippen molar-refractivity contribution >= 4 is 17.8 Å². The molecule has 0 spiro atoms. The van der Waals surface area contributed by atoms with Crippen LogP contribution in [0.2, 0.25) is 0 Å². The summed E-state index contributed by atoms with van der Waals surface area (Å²) >= 11 is 0. The average molecular weight is 425 g/mol. The molecule has 8 nitrogen and oxygen atoms in total. The number of hydrogen-bond donors (Lipinski definition) is 1. The summed E-state index contributed by atoms with van der Waals surface area (Å²) in [6.07, 6.45) is 2.69. The minimum Gasteiger partial charge on any atom is -0.366 e. The third-order valence-electron chi connectivity index (χ3n) is 5.87. The van der Waals surface area contributed by atoms with E-state index in [2.05, 4.69) is 23.7 Å². The summed E-state index contributed by atoms with van der Waals surface area (Å²) in [7, 11) is 3.82. The van der Waals surface area contributed by atoms with Gasteiger partial charge in [-0.25, -0.2) is 9.97 Å². The third kappa shape index (κ3) is 5.19. The number of likely N-dealkylation sites (N-methyl/N-ethyl adjacent to an activating group) is 1. The summed E-state index contributed by atoms with van der Waals surface area (Å²) in [4.78, 5) is 39.5. The van der Waals surface area contributed by atoms with Crippen LogP contribution in [0, 0.1) is 0 Å². The van der Waals surface area contributed by atoms with Gasteiger partial charge in [-0.2, -0.15) is 0 Å². The van der Waals surface area contributed by atoms with E-state index in [1.54, 1.807) is 12.1 Å². The van der Waals surface area contributed by atoms with E-state index in [1.165, 1.54) is 0 Å². The number of hydrogen-bond acceptors (Lipinski definition) is 6. The van der Waals surface area contributed by atoms with E-state index in [0.717, 1.165) is 42.9 Å². The van der Waals surface area contributed by atoms with Gasteiger partial charge in [-0.1, -0.05) is 26.0 Å². The van der Waals surface area contributed by atoms with Crippen LogP contribution in [0.5, 0.6) is 0 Å². The van der Waals surface area contributed by atoms with Crippen molar-refractivity contribution in [1.82, 2.24) is 19.8 Å². The number of primary amides is 1. The van der Waals surface area contributed by atoms with Crippen LogP contribution in [0.15, 0.2) is 30.5 Å². The molecule has 1 aliphatic rings. The normalized spacial score (nSPS) is 16.0. The first-order valence-electron chi connectivity index (χ1n) is 10.8. The van der Waals surface area contributed by atoms with Gasteiger partial charge in [0.1, 0.15) is 0 Å². The third-order valence-corrected chi connectivity index (χ3v) is 5.87. The molecule has 2 amide bonds. The predicted octanol–water partition coefficient (Wildman–Crippen LogP) is 1.97. The monoisotopic (exact) mass is 424 g/mol. The molecule has 2 heterocycles. The van der Waals surface area contributed by atoms with Gasteiger partial charge in [0.25, 0.3) is 0 Å². The van der Waals surface area contributed by atoms with Crippen LogP contribution in [0.1, 0.15) is 42.2 Å². The lowest BCUT2D eigenvalue weighted by molar-refractivity contribution is -0.131. The number of likely N-dealkylation sites (tertiary alicyclic amines) is 1. The van der Waals surface area contributed by atoms with Crippen molar-refractivity contribution in [2.45, 2.75) is 26.2 Å². The molecule has 166 valence electrons. The predicted molar refractivity (Wildman–Crippen MR) is 122 cm³/mol. The molecule has 1 aromatic carbocycles. The minimum absolute atomic E-state index is 0.133. The molecule has 8 heteroatoms. The van der Waals surface area contributed by atoms with Gasteiger partial charge >= 0.3 is 0 Å². The second kappa shape index (κ2) is 9.87. The molecule has 0 saturated carbocycles. The van der Waals surface area contributed by atoms with E-state index in [0.29, 0.717) is 24.6 Å². The van der Waals surface area contributed by atoms with Gasteiger partial charge in [-0.05, 0) is 37.2 Å². The lowest BCUT2D eigenvalue weighted by atomic mass is 9.95.